The zero-order chi connectivity index (χ0) is 23.5. The Labute approximate surface area is 189 Å². The van der Waals surface area contributed by atoms with Crippen LogP contribution in [-0.4, -0.2) is 25.7 Å². The minimum Gasteiger partial charge on any atom is -0.338 e. The van der Waals surface area contributed by atoms with Crippen molar-refractivity contribution in [3.63, 3.8) is 0 Å². The molecule has 2 aromatic carbocycles. The Morgan fingerprint density at radius 1 is 1.21 bits per heavy atom. The molecule has 1 amide bonds. The molecule has 0 aliphatic rings. The Hall–Kier alpha value is -4.06. The number of imidazole rings is 1. The number of aromatic amines is 1. The number of anilines is 1. The molecule has 0 aliphatic heterocycles. The molecule has 7 nitrogen and oxygen atoms in total. The molecule has 0 radical (unpaired) electrons. The van der Waals surface area contributed by atoms with Crippen molar-refractivity contribution in [3.8, 4) is 17.5 Å². The first-order chi connectivity index (χ1) is 15.9. The Kier molecular flexibility index (Phi) is 6.18. The van der Waals surface area contributed by atoms with Crippen molar-refractivity contribution in [1.82, 2.24) is 19.7 Å². The predicted octanol–water partition coefficient (Wildman–Crippen LogP) is 4.81. The molecule has 33 heavy (non-hydrogen) atoms. The number of aryl methyl sites for hydroxylation is 2. The van der Waals surface area contributed by atoms with Crippen molar-refractivity contribution in [2.24, 2.45) is 0 Å². The first kappa shape index (κ1) is 22.1. The van der Waals surface area contributed by atoms with Gasteiger partial charge in [0.15, 0.2) is 0 Å². The zero-order valence-corrected chi connectivity index (χ0v) is 18.2. The number of amides is 1. The van der Waals surface area contributed by atoms with Gasteiger partial charge in [-0.1, -0.05) is 0 Å². The molecule has 0 unspecified atom stereocenters. The summed E-state index contributed by atoms with van der Waals surface area (Å²) in [6, 6.07) is 10.4. The molecule has 9 heteroatoms. The van der Waals surface area contributed by atoms with Crippen molar-refractivity contribution >= 4 is 22.6 Å². The SMILES string of the molecule is Cc1nn(CCC#N)c(C)c1CCC(=O)Nc1ccc2nc(-c3cc(F)ccc3F)[nH]c2c1. The van der Waals surface area contributed by atoms with Gasteiger partial charge >= 0.3 is 0 Å². The Morgan fingerprint density at radius 3 is 2.82 bits per heavy atom. The number of aromatic nitrogens is 4. The number of hydrogen-bond donors (Lipinski definition) is 2. The number of nitrogens with one attached hydrogen (secondary N) is 2. The Bertz CT molecular complexity index is 1380. The van der Waals surface area contributed by atoms with Crippen molar-refractivity contribution in [2.45, 2.75) is 39.7 Å². The highest BCUT2D eigenvalue weighted by atomic mass is 19.1. The van der Waals surface area contributed by atoms with E-state index in [0.29, 0.717) is 36.1 Å². The third-order valence-corrected chi connectivity index (χ3v) is 5.52. The fourth-order valence-electron chi connectivity index (χ4n) is 3.83. The van der Waals surface area contributed by atoms with Crippen molar-refractivity contribution in [3.05, 3.63) is 65.0 Å². The van der Waals surface area contributed by atoms with Crippen LogP contribution in [0, 0.1) is 36.8 Å². The largest absolute Gasteiger partial charge is 0.338 e. The van der Waals surface area contributed by atoms with Gasteiger partial charge in [0, 0.05) is 17.8 Å². The zero-order valence-electron chi connectivity index (χ0n) is 18.2. The summed E-state index contributed by atoms with van der Waals surface area (Å²) in [5.41, 5.74) is 4.60. The average molecular weight is 448 g/mol. The van der Waals surface area contributed by atoms with Gasteiger partial charge in [-0.3, -0.25) is 9.48 Å². The van der Waals surface area contributed by atoms with Gasteiger partial charge in [0.25, 0.3) is 0 Å². The number of benzene rings is 2. The topological polar surface area (TPSA) is 99.4 Å². The van der Waals surface area contributed by atoms with Gasteiger partial charge in [0.05, 0.1) is 41.3 Å². The van der Waals surface area contributed by atoms with Crippen LogP contribution in [0.1, 0.15) is 29.8 Å². The van der Waals surface area contributed by atoms with Gasteiger partial charge in [-0.05, 0) is 62.2 Å². The number of H-pyrrole nitrogens is 1. The number of rotatable bonds is 7. The highest BCUT2D eigenvalue weighted by Gasteiger charge is 2.15. The maximum Gasteiger partial charge on any atom is 0.224 e. The molecule has 0 saturated carbocycles. The minimum absolute atomic E-state index is 0.0397. The third kappa shape index (κ3) is 4.75. The number of nitrogens with zero attached hydrogens (tertiary/aromatic N) is 4. The van der Waals surface area contributed by atoms with Gasteiger partial charge in [-0.15, -0.1) is 0 Å². The molecule has 0 aliphatic carbocycles. The van der Waals surface area contributed by atoms with Crippen LogP contribution in [0.4, 0.5) is 14.5 Å². The highest BCUT2D eigenvalue weighted by Crippen LogP contribution is 2.26. The number of halogens is 2. The summed E-state index contributed by atoms with van der Waals surface area (Å²) in [5, 5.41) is 16.1. The molecule has 0 atom stereocenters. The number of nitriles is 1. The van der Waals surface area contributed by atoms with E-state index >= 15 is 0 Å². The predicted molar refractivity (Wildman–Crippen MR) is 120 cm³/mol. The molecule has 2 heterocycles. The number of carbonyl (C=O) groups is 1. The molecule has 0 spiro atoms. The fourth-order valence-corrected chi connectivity index (χ4v) is 3.83. The summed E-state index contributed by atoms with van der Waals surface area (Å²) < 4.78 is 29.4. The lowest BCUT2D eigenvalue weighted by molar-refractivity contribution is -0.116. The minimum atomic E-state index is -0.578. The molecule has 4 aromatic rings. The Balaban J connectivity index is 1.45. The molecule has 168 valence electrons. The standard InChI is InChI=1S/C24H22F2N6O/c1-14-18(15(2)32(31-14)11-3-10-27)6-9-23(33)28-17-5-8-21-22(13-17)30-24(29-21)19-12-16(25)4-7-20(19)26/h4-5,7-8,12-13H,3,6,9,11H2,1-2H3,(H,28,33)(H,29,30). The van der Waals surface area contributed by atoms with Crippen LogP contribution in [0.3, 0.4) is 0 Å². The number of fused-ring (bicyclic) bond motifs is 1. The van der Waals surface area contributed by atoms with Crippen molar-refractivity contribution in [1.29, 1.82) is 5.26 Å². The molecular formula is C24H22F2N6O. The lowest BCUT2D eigenvalue weighted by Gasteiger charge is -2.06. The third-order valence-electron chi connectivity index (χ3n) is 5.52. The van der Waals surface area contributed by atoms with E-state index in [1.54, 1.807) is 22.9 Å². The first-order valence-electron chi connectivity index (χ1n) is 10.5. The second kappa shape index (κ2) is 9.20. The van der Waals surface area contributed by atoms with Gasteiger partial charge in [0.2, 0.25) is 5.91 Å². The smallest absolute Gasteiger partial charge is 0.224 e. The van der Waals surface area contributed by atoms with E-state index in [2.05, 4.69) is 26.5 Å². The lowest BCUT2D eigenvalue weighted by atomic mass is 10.1. The monoisotopic (exact) mass is 448 g/mol. The average Bonchev–Trinajstić information content (AvgIpc) is 3.32. The fraction of sp³-hybridized carbons (Fsp3) is 0.250. The summed E-state index contributed by atoms with van der Waals surface area (Å²) in [4.78, 5) is 19.8. The molecular weight excluding hydrogens is 426 g/mol. The van der Waals surface area contributed by atoms with E-state index in [0.717, 1.165) is 35.2 Å². The normalized spacial score (nSPS) is 11.0. The van der Waals surface area contributed by atoms with Crippen molar-refractivity contribution in [2.75, 3.05) is 5.32 Å². The van der Waals surface area contributed by atoms with Crippen LogP contribution < -0.4 is 5.32 Å². The lowest BCUT2D eigenvalue weighted by Crippen LogP contribution is -2.12. The summed E-state index contributed by atoms with van der Waals surface area (Å²) >= 11 is 0. The second-order valence-electron chi connectivity index (χ2n) is 7.77. The van der Waals surface area contributed by atoms with E-state index in [1.807, 2.05) is 13.8 Å². The number of carbonyl (C=O) groups excluding carboxylic acids is 1. The molecule has 0 saturated heterocycles. The van der Waals surface area contributed by atoms with Gasteiger partial charge in [-0.2, -0.15) is 10.4 Å². The second-order valence-corrected chi connectivity index (χ2v) is 7.77. The summed E-state index contributed by atoms with van der Waals surface area (Å²) in [6.45, 7) is 4.37. The molecule has 2 N–H and O–H groups in total. The van der Waals surface area contributed by atoms with Crippen molar-refractivity contribution < 1.29 is 13.6 Å². The molecule has 0 bridgehead atoms. The van der Waals surface area contributed by atoms with Crippen LogP contribution in [0.15, 0.2) is 36.4 Å². The van der Waals surface area contributed by atoms with Crippen LogP contribution in [-0.2, 0) is 17.8 Å². The van der Waals surface area contributed by atoms with Crippen LogP contribution in [0.5, 0.6) is 0 Å². The van der Waals surface area contributed by atoms with Crippen LogP contribution >= 0.6 is 0 Å². The van der Waals surface area contributed by atoms with Gasteiger partial charge < -0.3 is 10.3 Å². The van der Waals surface area contributed by atoms with E-state index in [-0.39, 0.29) is 23.7 Å². The van der Waals surface area contributed by atoms with Crippen LogP contribution in [0.25, 0.3) is 22.4 Å². The highest BCUT2D eigenvalue weighted by molar-refractivity contribution is 5.93. The molecule has 4 rings (SSSR count). The molecule has 2 aromatic heterocycles. The van der Waals surface area contributed by atoms with E-state index in [9.17, 15) is 13.6 Å². The quantitative estimate of drug-likeness (QED) is 0.424. The summed E-state index contributed by atoms with van der Waals surface area (Å²) in [6.07, 6.45) is 1.18. The first-order valence-corrected chi connectivity index (χ1v) is 10.5. The molecule has 0 fully saturated rings. The maximum atomic E-state index is 14.1. The van der Waals surface area contributed by atoms with E-state index in [1.165, 1.54) is 0 Å². The van der Waals surface area contributed by atoms with E-state index in [4.69, 9.17) is 5.26 Å². The summed E-state index contributed by atoms with van der Waals surface area (Å²) in [5.74, 6) is -1.08. The Morgan fingerprint density at radius 2 is 2.03 bits per heavy atom. The maximum absolute atomic E-state index is 14.1. The van der Waals surface area contributed by atoms with Gasteiger partial charge in [0.1, 0.15) is 17.5 Å². The van der Waals surface area contributed by atoms with E-state index < -0.39 is 11.6 Å². The summed E-state index contributed by atoms with van der Waals surface area (Å²) in [7, 11) is 0. The van der Waals surface area contributed by atoms with Gasteiger partial charge in [-0.25, -0.2) is 13.8 Å². The number of hydrogen-bond acceptors (Lipinski definition) is 4. The van der Waals surface area contributed by atoms with Crippen LogP contribution in [0.2, 0.25) is 0 Å².